The van der Waals surface area contributed by atoms with Crippen LogP contribution in [0, 0.1) is 11.3 Å². The molecule has 0 radical (unpaired) electrons. The highest BCUT2D eigenvalue weighted by Crippen LogP contribution is 2.34. The highest BCUT2D eigenvalue weighted by molar-refractivity contribution is 5.83. The van der Waals surface area contributed by atoms with E-state index in [-0.39, 0.29) is 0 Å². The van der Waals surface area contributed by atoms with Gasteiger partial charge in [-0.2, -0.15) is 5.26 Å². The van der Waals surface area contributed by atoms with E-state index in [1.807, 2.05) is 49.5 Å². The first-order chi connectivity index (χ1) is 13.5. The Bertz CT molecular complexity index is 1200. The third-order valence-electron chi connectivity index (χ3n) is 4.93. The molecule has 1 heterocycles. The maximum Gasteiger partial charge on any atom is 0.145 e. The van der Waals surface area contributed by atoms with Crippen molar-refractivity contribution < 1.29 is 9.84 Å². The van der Waals surface area contributed by atoms with Crippen molar-refractivity contribution in [3.05, 3.63) is 90.0 Å². The third-order valence-corrected chi connectivity index (χ3v) is 4.93. The second kappa shape index (κ2) is 6.84. The van der Waals surface area contributed by atoms with E-state index >= 15 is 0 Å². The summed E-state index contributed by atoms with van der Waals surface area (Å²) in [5, 5.41) is 22.8. The van der Waals surface area contributed by atoms with E-state index < -0.39 is 5.60 Å². The van der Waals surface area contributed by atoms with Crippen LogP contribution in [-0.4, -0.2) is 14.7 Å². The molecule has 0 fully saturated rings. The maximum absolute atomic E-state index is 11.1. The highest BCUT2D eigenvalue weighted by atomic mass is 16.5. The van der Waals surface area contributed by atoms with Crippen LogP contribution in [-0.2, 0) is 12.6 Å². The van der Waals surface area contributed by atoms with Crippen molar-refractivity contribution in [2.45, 2.75) is 12.5 Å². The molecule has 4 aromatic rings. The minimum Gasteiger partial charge on any atom is -0.456 e. The molecular weight excluding hydrogens is 350 g/mol. The summed E-state index contributed by atoms with van der Waals surface area (Å²) in [6, 6.07) is 21.0. The quantitative estimate of drug-likeness (QED) is 0.575. The molecule has 1 N–H and O–H groups in total. The number of ether oxygens (including phenoxy) is 1. The second-order valence-corrected chi connectivity index (χ2v) is 6.90. The summed E-state index contributed by atoms with van der Waals surface area (Å²) < 4.78 is 7.80. The fourth-order valence-corrected chi connectivity index (χ4v) is 3.33. The normalized spacial score (nSPS) is 13.1. The van der Waals surface area contributed by atoms with Crippen LogP contribution in [0.25, 0.3) is 10.8 Å². The van der Waals surface area contributed by atoms with Gasteiger partial charge in [0.2, 0.25) is 0 Å². The summed E-state index contributed by atoms with van der Waals surface area (Å²) in [6.45, 7) is 1.70. The van der Waals surface area contributed by atoms with E-state index in [4.69, 9.17) is 4.74 Å². The first-order valence-corrected chi connectivity index (χ1v) is 8.89. The van der Waals surface area contributed by atoms with E-state index in [2.05, 4.69) is 11.1 Å². The van der Waals surface area contributed by atoms with Gasteiger partial charge in [-0.25, -0.2) is 4.98 Å². The SMILES string of the molecule is Cn1cncc1C(C)(O)c1ccc(C#N)c(Oc2ccc3ccccc3c2)c1. The van der Waals surface area contributed by atoms with Crippen molar-refractivity contribution in [3.63, 3.8) is 0 Å². The zero-order valence-electron chi connectivity index (χ0n) is 15.6. The lowest BCUT2D eigenvalue weighted by atomic mass is 9.91. The number of benzene rings is 3. The molecule has 1 aromatic heterocycles. The Labute approximate surface area is 163 Å². The Kier molecular flexibility index (Phi) is 4.34. The van der Waals surface area contributed by atoms with Crippen LogP contribution in [0.4, 0.5) is 0 Å². The summed E-state index contributed by atoms with van der Waals surface area (Å²) in [5.41, 5.74) is 0.387. The van der Waals surface area contributed by atoms with Gasteiger partial charge in [0.25, 0.3) is 0 Å². The standard InChI is InChI=1S/C23H19N3O2/c1-23(27,22-14-25-15-26(22)2)19-9-7-18(13-24)21(12-19)28-20-10-8-16-5-3-4-6-17(16)11-20/h3-12,14-15,27H,1-2H3. The first kappa shape index (κ1) is 17.8. The Morgan fingerprint density at radius 3 is 2.57 bits per heavy atom. The number of nitriles is 1. The number of fused-ring (bicyclic) bond motifs is 1. The molecule has 0 aliphatic rings. The van der Waals surface area contributed by atoms with E-state index in [0.717, 1.165) is 10.8 Å². The number of aryl methyl sites for hydroxylation is 1. The van der Waals surface area contributed by atoms with Crippen molar-refractivity contribution in [3.8, 4) is 17.6 Å². The topological polar surface area (TPSA) is 71.1 Å². The lowest BCUT2D eigenvalue weighted by Crippen LogP contribution is -2.25. The molecule has 5 heteroatoms. The van der Waals surface area contributed by atoms with Crippen molar-refractivity contribution in [2.24, 2.45) is 7.05 Å². The van der Waals surface area contributed by atoms with Gasteiger partial charge < -0.3 is 14.4 Å². The minimum absolute atomic E-state index is 0.401. The number of hydrogen-bond acceptors (Lipinski definition) is 4. The smallest absolute Gasteiger partial charge is 0.145 e. The molecule has 0 bridgehead atoms. The average Bonchev–Trinajstić information content (AvgIpc) is 3.14. The molecular formula is C23H19N3O2. The van der Waals surface area contributed by atoms with Crippen molar-refractivity contribution >= 4 is 10.8 Å². The van der Waals surface area contributed by atoms with Crippen LogP contribution in [0.5, 0.6) is 11.5 Å². The molecule has 138 valence electrons. The van der Waals surface area contributed by atoms with Crippen LogP contribution in [0.3, 0.4) is 0 Å². The van der Waals surface area contributed by atoms with Crippen molar-refractivity contribution in [2.75, 3.05) is 0 Å². The van der Waals surface area contributed by atoms with Crippen molar-refractivity contribution in [1.29, 1.82) is 5.26 Å². The van der Waals surface area contributed by atoms with Gasteiger partial charge in [-0.1, -0.05) is 36.4 Å². The van der Waals surface area contributed by atoms with Crippen LogP contribution >= 0.6 is 0 Å². The molecule has 1 unspecified atom stereocenters. The molecule has 0 amide bonds. The summed E-state index contributed by atoms with van der Waals surface area (Å²) >= 11 is 0. The molecule has 0 saturated carbocycles. The first-order valence-electron chi connectivity index (χ1n) is 8.89. The summed E-state index contributed by atoms with van der Waals surface area (Å²) in [7, 11) is 1.83. The van der Waals surface area contributed by atoms with Gasteiger partial charge in [-0.05, 0) is 47.5 Å². The minimum atomic E-state index is -1.28. The summed E-state index contributed by atoms with van der Waals surface area (Å²) in [5.74, 6) is 1.03. The molecule has 0 aliphatic carbocycles. The monoisotopic (exact) mass is 369 g/mol. The summed E-state index contributed by atoms with van der Waals surface area (Å²) in [6.07, 6.45) is 3.27. The molecule has 0 spiro atoms. The van der Waals surface area contributed by atoms with Gasteiger partial charge in [-0.15, -0.1) is 0 Å². The van der Waals surface area contributed by atoms with E-state index in [9.17, 15) is 10.4 Å². The Morgan fingerprint density at radius 1 is 1.07 bits per heavy atom. The predicted molar refractivity (Wildman–Crippen MR) is 107 cm³/mol. The number of imidazole rings is 1. The third kappa shape index (κ3) is 3.11. The average molecular weight is 369 g/mol. The number of hydrogen-bond donors (Lipinski definition) is 1. The molecule has 3 aromatic carbocycles. The summed E-state index contributed by atoms with van der Waals surface area (Å²) in [4.78, 5) is 4.09. The number of rotatable bonds is 4. The number of aromatic nitrogens is 2. The second-order valence-electron chi connectivity index (χ2n) is 6.90. The largest absolute Gasteiger partial charge is 0.456 e. The van der Waals surface area contributed by atoms with Crippen molar-refractivity contribution in [1.82, 2.24) is 9.55 Å². The van der Waals surface area contributed by atoms with Gasteiger partial charge in [0, 0.05) is 7.05 Å². The number of aliphatic hydroxyl groups is 1. The van der Waals surface area contributed by atoms with Crippen LogP contribution in [0.2, 0.25) is 0 Å². The molecule has 0 aliphatic heterocycles. The fourth-order valence-electron chi connectivity index (χ4n) is 3.33. The molecule has 28 heavy (non-hydrogen) atoms. The van der Waals surface area contributed by atoms with Crippen LogP contribution in [0.1, 0.15) is 23.7 Å². The Balaban J connectivity index is 1.75. The lowest BCUT2D eigenvalue weighted by molar-refractivity contribution is 0.0939. The van der Waals surface area contributed by atoms with E-state index in [1.165, 1.54) is 0 Å². The van der Waals surface area contributed by atoms with Gasteiger partial charge in [0.05, 0.1) is 23.8 Å². The van der Waals surface area contributed by atoms with E-state index in [0.29, 0.717) is 28.3 Å². The zero-order chi connectivity index (χ0) is 19.7. The van der Waals surface area contributed by atoms with E-state index in [1.54, 1.807) is 42.2 Å². The predicted octanol–water partition coefficient (Wildman–Crippen LogP) is 4.49. The molecule has 1 atom stereocenters. The highest BCUT2D eigenvalue weighted by Gasteiger charge is 2.29. The van der Waals surface area contributed by atoms with Crippen LogP contribution in [0.15, 0.2) is 73.2 Å². The van der Waals surface area contributed by atoms with Crippen LogP contribution < -0.4 is 4.74 Å². The number of nitrogens with zero attached hydrogens (tertiary/aromatic N) is 3. The lowest BCUT2D eigenvalue weighted by Gasteiger charge is -2.25. The van der Waals surface area contributed by atoms with Gasteiger partial charge in [-0.3, -0.25) is 0 Å². The molecule has 4 rings (SSSR count). The fraction of sp³-hybridized carbons (Fsp3) is 0.130. The zero-order valence-corrected chi connectivity index (χ0v) is 15.6. The van der Waals surface area contributed by atoms with Gasteiger partial charge in [0.15, 0.2) is 0 Å². The Hall–Kier alpha value is -3.62. The Morgan fingerprint density at radius 2 is 1.86 bits per heavy atom. The maximum atomic E-state index is 11.1. The van der Waals surface area contributed by atoms with Gasteiger partial charge in [0.1, 0.15) is 23.2 Å². The molecule has 0 saturated heterocycles. The van der Waals surface area contributed by atoms with Gasteiger partial charge >= 0.3 is 0 Å². The molecule has 5 nitrogen and oxygen atoms in total.